The summed E-state index contributed by atoms with van der Waals surface area (Å²) in [4.78, 5) is 13.6. The molecule has 3 nitrogen and oxygen atoms in total. The van der Waals surface area contributed by atoms with Crippen molar-refractivity contribution in [3.05, 3.63) is 34.6 Å². The molecule has 0 saturated carbocycles. The van der Waals surface area contributed by atoms with Gasteiger partial charge in [-0.25, -0.2) is 4.39 Å². The topological polar surface area (TPSA) is 46.3 Å². The van der Waals surface area contributed by atoms with Crippen LogP contribution in [-0.2, 0) is 0 Å². The maximum Gasteiger partial charge on any atom is 0.253 e. The van der Waals surface area contributed by atoms with Crippen molar-refractivity contribution < 1.29 is 9.18 Å². The summed E-state index contributed by atoms with van der Waals surface area (Å²) in [5.74, 6) is -0.905. The first-order valence-electron chi connectivity index (χ1n) is 4.90. The van der Waals surface area contributed by atoms with Crippen molar-refractivity contribution in [3.8, 4) is 0 Å². The fourth-order valence-electron chi connectivity index (χ4n) is 1.23. The fraction of sp³-hybridized carbons (Fsp3) is 0.273. The van der Waals surface area contributed by atoms with E-state index in [1.54, 1.807) is 7.05 Å². The van der Waals surface area contributed by atoms with E-state index in [4.69, 9.17) is 29.6 Å². The number of nitrogens with two attached hydrogens (primary N) is 1. The van der Waals surface area contributed by atoms with E-state index in [9.17, 15) is 9.18 Å². The number of benzene rings is 1. The molecule has 0 unspecified atom stereocenters. The molecule has 0 aliphatic carbocycles. The first-order valence-corrected chi connectivity index (χ1v) is 5.69. The Morgan fingerprint density at radius 2 is 2.24 bits per heavy atom. The summed E-state index contributed by atoms with van der Waals surface area (Å²) in [6.07, 6.45) is 0.438. The van der Waals surface area contributed by atoms with Crippen LogP contribution in [-0.4, -0.2) is 29.4 Å². The van der Waals surface area contributed by atoms with Gasteiger partial charge in [-0.2, -0.15) is 0 Å². The summed E-state index contributed by atoms with van der Waals surface area (Å²) in [5.41, 5.74) is 5.59. The van der Waals surface area contributed by atoms with Crippen LogP contribution in [0.4, 0.5) is 4.39 Å². The molecule has 1 amide bonds. The lowest BCUT2D eigenvalue weighted by Crippen LogP contribution is -2.30. The van der Waals surface area contributed by atoms with Crippen LogP contribution >= 0.6 is 23.8 Å². The van der Waals surface area contributed by atoms with Gasteiger partial charge >= 0.3 is 0 Å². The van der Waals surface area contributed by atoms with Crippen LogP contribution in [0.15, 0.2) is 18.2 Å². The number of amides is 1. The second-order valence-electron chi connectivity index (χ2n) is 3.57. The van der Waals surface area contributed by atoms with E-state index in [-0.39, 0.29) is 16.5 Å². The number of nitrogens with zero attached hydrogens (tertiary/aromatic N) is 1. The number of carbonyl (C=O) groups is 1. The highest BCUT2D eigenvalue weighted by molar-refractivity contribution is 7.80. The van der Waals surface area contributed by atoms with E-state index in [0.29, 0.717) is 18.0 Å². The molecule has 0 spiro atoms. The van der Waals surface area contributed by atoms with E-state index in [1.165, 1.54) is 17.0 Å². The zero-order valence-electron chi connectivity index (χ0n) is 9.24. The van der Waals surface area contributed by atoms with Gasteiger partial charge in [0.2, 0.25) is 0 Å². The van der Waals surface area contributed by atoms with Crippen molar-refractivity contribution in [1.29, 1.82) is 0 Å². The van der Waals surface area contributed by atoms with Crippen LogP contribution in [0.25, 0.3) is 0 Å². The molecule has 2 N–H and O–H groups in total. The molecule has 0 bridgehead atoms. The molecule has 0 saturated heterocycles. The Bertz CT molecular complexity index is 453. The lowest BCUT2D eigenvalue weighted by Gasteiger charge is -2.16. The molecule has 0 fully saturated rings. The molecule has 0 radical (unpaired) electrons. The average Bonchev–Trinajstić information content (AvgIpc) is 2.28. The van der Waals surface area contributed by atoms with Crippen LogP contribution in [0.3, 0.4) is 0 Å². The van der Waals surface area contributed by atoms with Gasteiger partial charge in [0.1, 0.15) is 5.82 Å². The van der Waals surface area contributed by atoms with Crippen molar-refractivity contribution in [2.75, 3.05) is 13.6 Å². The minimum absolute atomic E-state index is 0.00709. The van der Waals surface area contributed by atoms with E-state index in [0.717, 1.165) is 6.07 Å². The molecule has 0 aliphatic rings. The maximum atomic E-state index is 13.2. The predicted octanol–water partition coefficient (Wildman–Crippen LogP) is 2.23. The van der Waals surface area contributed by atoms with Crippen molar-refractivity contribution in [3.63, 3.8) is 0 Å². The van der Waals surface area contributed by atoms with Crippen molar-refractivity contribution >= 4 is 34.7 Å². The number of carbonyl (C=O) groups excluding carboxylic acids is 1. The van der Waals surface area contributed by atoms with Gasteiger partial charge in [0.25, 0.3) is 5.91 Å². The number of rotatable bonds is 4. The first kappa shape index (κ1) is 13.9. The predicted molar refractivity (Wildman–Crippen MR) is 69.8 cm³/mol. The molecule has 1 aromatic rings. The van der Waals surface area contributed by atoms with Crippen LogP contribution in [0.1, 0.15) is 16.8 Å². The van der Waals surface area contributed by atoms with E-state index < -0.39 is 5.82 Å². The summed E-state index contributed by atoms with van der Waals surface area (Å²) in [7, 11) is 1.60. The summed E-state index contributed by atoms with van der Waals surface area (Å²) >= 11 is 10.3. The molecule has 0 aliphatic heterocycles. The highest BCUT2D eigenvalue weighted by atomic mass is 35.5. The highest BCUT2D eigenvalue weighted by Crippen LogP contribution is 2.16. The largest absolute Gasteiger partial charge is 0.393 e. The summed E-state index contributed by atoms with van der Waals surface area (Å²) < 4.78 is 13.2. The highest BCUT2D eigenvalue weighted by Gasteiger charge is 2.13. The zero-order valence-corrected chi connectivity index (χ0v) is 10.8. The number of hydrogen-bond acceptors (Lipinski definition) is 2. The first-order chi connectivity index (χ1) is 7.91. The lowest BCUT2D eigenvalue weighted by molar-refractivity contribution is 0.0798. The summed E-state index contributed by atoms with van der Waals surface area (Å²) in [6, 6.07) is 3.94. The normalized spacial score (nSPS) is 10.1. The van der Waals surface area contributed by atoms with Crippen LogP contribution in [0, 0.1) is 5.82 Å². The zero-order chi connectivity index (χ0) is 13.0. The molecule has 92 valence electrons. The standard InChI is InChI=1S/C11H12ClFN2OS/c1-15(5-4-10(14)17)11(16)7-2-3-8(12)9(13)6-7/h2-3,6H,4-5H2,1H3,(H2,14,17). The van der Waals surface area contributed by atoms with Gasteiger partial charge in [0.15, 0.2) is 0 Å². The number of thiocarbonyl (C=S) groups is 1. The molecule has 1 rings (SSSR count). The van der Waals surface area contributed by atoms with Crippen molar-refractivity contribution in [2.45, 2.75) is 6.42 Å². The van der Waals surface area contributed by atoms with Gasteiger partial charge < -0.3 is 10.6 Å². The monoisotopic (exact) mass is 274 g/mol. The third-order valence-electron chi connectivity index (χ3n) is 2.21. The van der Waals surface area contributed by atoms with Gasteiger partial charge in [0, 0.05) is 25.6 Å². The molecule has 17 heavy (non-hydrogen) atoms. The smallest absolute Gasteiger partial charge is 0.253 e. The fourth-order valence-corrected chi connectivity index (χ4v) is 1.44. The van der Waals surface area contributed by atoms with E-state index in [2.05, 4.69) is 0 Å². The SMILES string of the molecule is CN(CCC(N)=S)C(=O)c1ccc(Cl)c(F)c1. The molecule has 1 aromatic carbocycles. The molecular formula is C11H12ClFN2OS. The van der Waals surface area contributed by atoms with Crippen molar-refractivity contribution in [1.82, 2.24) is 4.90 Å². The Morgan fingerprint density at radius 1 is 1.59 bits per heavy atom. The van der Waals surface area contributed by atoms with Gasteiger partial charge in [-0.05, 0) is 18.2 Å². The second kappa shape index (κ2) is 5.93. The minimum Gasteiger partial charge on any atom is -0.393 e. The van der Waals surface area contributed by atoms with Crippen molar-refractivity contribution in [2.24, 2.45) is 5.73 Å². The third-order valence-corrected chi connectivity index (χ3v) is 2.72. The molecule has 0 aromatic heterocycles. The minimum atomic E-state index is -0.611. The van der Waals surface area contributed by atoms with Crippen LogP contribution < -0.4 is 5.73 Å². The Morgan fingerprint density at radius 3 is 2.76 bits per heavy atom. The molecule has 0 heterocycles. The average molecular weight is 275 g/mol. The molecule has 0 atom stereocenters. The van der Waals surface area contributed by atoms with Crippen LogP contribution in [0.2, 0.25) is 5.02 Å². The Balaban J connectivity index is 2.74. The Labute approximate surface area is 109 Å². The summed E-state index contributed by atoms with van der Waals surface area (Å²) in [6.45, 7) is 0.401. The molecular weight excluding hydrogens is 263 g/mol. The Kier molecular flexibility index (Phi) is 4.84. The second-order valence-corrected chi connectivity index (χ2v) is 4.50. The van der Waals surface area contributed by atoms with Gasteiger partial charge in [-0.15, -0.1) is 0 Å². The van der Waals surface area contributed by atoms with Gasteiger partial charge in [-0.1, -0.05) is 23.8 Å². The third kappa shape index (κ3) is 3.94. The Hall–Kier alpha value is -1.20. The number of halogens is 2. The quantitative estimate of drug-likeness (QED) is 0.857. The van der Waals surface area contributed by atoms with E-state index in [1.807, 2.05) is 0 Å². The number of hydrogen-bond donors (Lipinski definition) is 1. The lowest BCUT2D eigenvalue weighted by atomic mass is 10.2. The molecule has 6 heteroatoms. The van der Waals surface area contributed by atoms with E-state index >= 15 is 0 Å². The van der Waals surface area contributed by atoms with Gasteiger partial charge in [0.05, 0.1) is 10.0 Å². The summed E-state index contributed by atoms with van der Waals surface area (Å²) in [5, 5.41) is -0.00709. The van der Waals surface area contributed by atoms with Crippen LogP contribution in [0.5, 0.6) is 0 Å². The van der Waals surface area contributed by atoms with Gasteiger partial charge in [-0.3, -0.25) is 4.79 Å². The maximum absolute atomic E-state index is 13.2.